The van der Waals surface area contributed by atoms with E-state index in [9.17, 15) is 9.59 Å². The molecule has 0 aromatic heterocycles. The highest BCUT2D eigenvalue weighted by Crippen LogP contribution is 2.18. The number of hydrazine groups is 1. The topological polar surface area (TPSA) is 76.7 Å². The molecule has 0 fully saturated rings. The van der Waals surface area contributed by atoms with Crippen LogP contribution in [0.25, 0.3) is 0 Å². The first-order valence-electron chi connectivity index (χ1n) is 9.00. The maximum absolute atomic E-state index is 11.8. The SMILES string of the molecule is CCc1cccc(OCC(=O)NNC(=O)COc2ccc(C(C)C)cc2)c1. The van der Waals surface area contributed by atoms with Crippen molar-refractivity contribution >= 4 is 11.8 Å². The van der Waals surface area contributed by atoms with Crippen molar-refractivity contribution in [3.8, 4) is 11.5 Å². The number of nitrogens with one attached hydrogen (secondary N) is 2. The van der Waals surface area contributed by atoms with Crippen LogP contribution in [0.2, 0.25) is 0 Å². The zero-order valence-electron chi connectivity index (χ0n) is 16.0. The molecule has 0 spiro atoms. The number of carbonyl (C=O) groups excluding carboxylic acids is 2. The third-order valence-corrected chi connectivity index (χ3v) is 3.93. The molecule has 0 unspecified atom stereocenters. The van der Waals surface area contributed by atoms with Gasteiger partial charge in [-0.3, -0.25) is 20.4 Å². The quantitative estimate of drug-likeness (QED) is 0.701. The van der Waals surface area contributed by atoms with Crippen LogP contribution in [0.4, 0.5) is 0 Å². The molecule has 0 atom stereocenters. The lowest BCUT2D eigenvalue weighted by molar-refractivity contribution is -0.131. The number of hydrogen-bond acceptors (Lipinski definition) is 4. The van der Waals surface area contributed by atoms with Crippen molar-refractivity contribution in [3.05, 3.63) is 59.7 Å². The molecule has 2 rings (SSSR count). The van der Waals surface area contributed by atoms with Crippen LogP contribution in [0.1, 0.15) is 37.8 Å². The van der Waals surface area contributed by atoms with Crippen molar-refractivity contribution in [2.24, 2.45) is 0 Å². The van der Waals surface area contributed by atoms with E-state index in [2.05, 4.69) is 24.7 Å². The molecule has 2 amide bonds. The number of amides is 2. The summed E-state index contributed by atoms with van der Waals surface area (Å²) in [7, 11) is 0. The summed E-state index contributed by atoms with van der Waals surface area (Å²) in [5.74, 6) is 0.740. The fourth-order valence-corrected chi connectivity index (χ4v) is 2.31. The Hall–Kier alpha value is -3.02. The van der Waals surface area contributed by atoms with Crippen molar-refractivity contribution in [2.45, 2.75) is 33.1 Å². The number of carbonyl (C=O) groups is 2. The van der Waals surface area contributed by atoms with Gasteiger partial charge in [0.25, 0.3) is 11.8 Å². The van der Waals surface area contributed by atoms with E-state index in [0.29, 0.717) is 17.4 Å². The highest BCUT2D eigenvalue weighted by atomic mass is 16.5. The standard InChI is InChI=1S/C21H26N2O4/c1-4-16-6-5-7-19(12-16)27-14-21(25)23-22-20(24)13-26-18-10-8-17(9-11-18)15(2)3/h5-12,15H,4,13-14H2,1-3H3,(H,22,24)(H,23,25). The van der Waals surface area contributed by atoms with Gasteiger partial charge in [-0.1, -0.05) is 45.0 Å². The fourth-order valence-electron chi connectivity index (χ4n) is 2.31. The Labute approximate surface area is 159 Å². The first-order valence-corrected chi connectivity index (χ1v) is 9.00. The summed E-state index contributed by atoms with van der Waals surface area (Å²) in [6.07, 6.45) is 0.889. The van der Waals surface area contributed by atoms with Gasteiger partial charge in [-0.2, -0.15) is 0 Å². The van der Waals surface area contributed by atoms with Crippen molar-refractivity contribution in [3.63, 3.8) is 0 Å². The van der Waals surface area contributed by atoms with Crippen molar-refractivity contribution < 1.29 is 19.1 Å². The largest absolute Gasteiger partial charge is 0.484 e. The lowest BCUT2D eigenvalue weighted by atomic mass is 10.0. The van der Waals surface area contributed by atoms with Gasteiger partial charge in [-0.05, 0) is 47.7 Å². The maximum atomic E-state index is 11.8. The normalized spacial score (nSPS) is 10.4. The van der Waals surface area contributed by atoms with Crippen molar-refractivity contribution in [1.29, 1.82) is 0 Å². The fraction of sp³-hybridized carbons (Fsp3) is 0.333. The molecule has 0 heterocycles. The Kier molecular flexibility index (Phi) is 7.67. The van der Waals surface area contributed by atoms with E-state index in [4.69, 9.17) is 9.47 Å². The smallest absolute Gasteiger partial charge is 0.276 e. The van der Waals surface area contributed by atoms with E-state index in [1.807, 2.05) is 49.4 Å². The third-order valence-electron chi connectivity index (χ3n) is 3.93. The van der Waals surface area contributed by atoms with Gasteiger partial charge in [0.1, 0.15) is 11.5 Å². The van der Waals surface area contributed by atoms with Gasteiger partial charge in [-0.25, -0.2) is 0 Å². The van der Waals surface area contributed by atoms with Gasteiger partial charge in [0.05, 0.1) is 0 Å². The molecule has 0 radical (unpaired) electrons. The molecule has 0 aliphatic rings. The van der Waals surface area contributed by atoms with Crippen LogP contribution in [-0.4, -0.2) is 25.0 Å². The lowest BCUT2D eigenvalue weighted by Crippen LogP contribution is -2.45. The van der Waals surface area contributed by atoms with E-state index >= 15 is 0 Å². The molecular formula is C21H26N2O4. The van der Waals surface area contributed by atoms with Crippen molar-refractivity contribution in [1.82, 2.24) is 10.9 Å². The second-order valence-corrected chi connectivity index (χ2v) is 6.40. The minimum Gasteiger partial charge on any atom is -0.484 e. The van der Waals surface area contributed by atoms with Crippen LogP contribution >= 0.6 is 0 Å². The van der Waals surface area contributed by atoms with E-state index in [1.165, 1.54) is 5.56 Å². The zero-order chi connectivity index (χ0) is 19.6. The van der Waals surface area contributed by atoms with Crippen LogP contribution in [0.3, 0.4) is 0 Å². The van der Waals surface area contributed by atoms with E-state index in [1.54, 1.807) is 6.07 Å². The molecule has 0 aliphatic carbocycles. The predicted octanol–water partition coefficient (Wildman–Crippen LogP) is 2.98. The van der Waals surface area contributed by atoms with Crippen LogP contribution in [0.15, 0.2) is 48.5 Å². The first kappa shape index (κ1) is 20.3. The number of ether oxygens (including phenoxy) is 2. The summed E-state index contributed by atoms with van der Waals surface area (Å²) in [4.78, 5) is 23.5. The summed E-state index contributed by atoms with van der Waals surface area (Å²) < 4.78 is 10.8. The predicted molar refractivity (Wildman–Crippen MR) is 104 cm³/mol. The third kappa shape index (κ3) is 7.01. The summed E-state index contributed by atoms with van der Waals surface area (Å²) in [6, 6.07) is 15.1. The van der Waals surface area contributed by atoms with Gasteiger partial charge in [0, 0.05) is 0 Å². The number of benzene rings is 2. The van der Waals surface area contributed by atoms with Crippen molar-refractivity contribution in [2.75, 3.05) is 13.2 Å². The molecular weight excluding hydrogens is 344 g/mol. The maximum Gasteiger partial charge on any atom is 0.276 e. The summed E-state index contributed by atoms with van der Waals surface area (Å²) >= 11 is 0. The molecule has 27 heavy (non-hydrogen) atoms. The molecule has 144 valence electrons. The Morgan fingerprint density at radius 3 is 2.04 bits per heavy atom. The number of rotatable bonds is 8. The van der Waals surface area contributed by atoms with Gasteiger partial charge < -0.3 is 9.47 Å². The first-order chi connectivity index (χ1) is 13.0. The van der Waals surface area contributed by atoms with Crippen LogP contribution in [0.5, 0.6) is 11.5 Å². The van der Waals surface area contributed by atoms with Gasteiger partial charge in [0.2, 0.25) is 0 Å². The Morgan fingerprint density at radius 2 is 1.48 bits per heavy atom. The van der Waals surface area contributed by atoms with Gasteiger partial charge in [0.15, 0.2) is 13.2 Å². The molecule has 0 saturated heterocycles. The van der Waals surface area contributed by atoms with Gasteiger partial charge >= 0.3 is 0 Å². The second-order valence-electron chi connectivity index (χ2n) is 6.40. The highest BCUT2D eigenvalue weighted by molar-refractivity contribution is 5.83. The Morgan fingerprint density at radius 1 is 0.889 bits per heavy atom. The van der Waals surface area contributed by atoms with E-state index < -0.39 is 11.8 Å². The zero-order valence-corrected chi connectivity index (χ0v) is 16.0. The van der Waals surface area contributed by atoms with Crippen LogP contribution in [-0.2, 0) is 16.0 Å². The Balaban J connectivity index is 1.67. The number of aryl methyl sites for hydroxylation is 1. The highest BCUT2D eigenvalue weighted by Gasteiger charge is 2.07. The summed E-state index contributed by atoms with van der Waals surface area (Å²) in [5.41, 5.74) is 6.92. The second kappa shape index (κ2) is 10.2. The molecule has 2 aromatic rings. The summed E-state index contributed by atoms with van der Waals surface area (Å²) in [6.45, 7) is 5.88. The molecule has 0 saturated carbocycles. The van der Waals surface area contributed by atoms with Crippen LogP contribution in [0, 0.1) is 0 Å². The molecule has 6 nitrogen and oxygen atoms in total. The molecule has 0 aliphatic heterocycles. The van der Waals surface area contributed by atoms with E-state index in [0.717, 1.165) is 12.0 Å². The monoisotopic (exact) mass is 370 g/mol. The van der Waals surface area contributed by atoms with Crippen LogP contribution < -0.4 is 20.3 Å². The van der Waals surface area contributed by atoms with E-state index in [-0.39, 0.29) is 13.2 Å². The summed E-state index contributed by atoms with van der Waals surface area (Å²) in [5, 5.41) is 0. The lowest BCUT2D eigenvalue weighted by Gasteiger charge is -2.11. The average molecular weight is 370 g/mol. The molecule has 2 N–H and O–H groups in total. The minimum absolute atomic E-state index is 0.190. The minimum atomic E-state index is -0.454. The molecule has 2 aromatic carbocycles. The molecule has 0 bridgehead atoms. The Bertz CT molecular complexity index is 757. The van der Waals surface area contributed by atoms with Gasteiger partial charge in [-0.15, -0.1) is 0 Å². The average Bonchev–Trinajstić information content (AvgIpc) is 2.69. The number of hydrogen-bond donors (Lipinski definition) is 2. The molecule has 6 heteroatoms.